The minimum Gasteiger partial charge on any atom is -0.204 e. The molecule has 1 saturated carbocycles. The van der Waals surface area contributed by atoms with E-state index in [0.29, 0.717) is 28.6 Å². The highest BCUT2D eigenvalue weighted by atomic mass is 79.9. The van der Waals surface area contributed by atoms with Crippen molar-refractivity contribution >= 4 is 15.9 Å². The zero-order valence-electron chi connectivity index (χ0n) is 9.93. The summed E-state index contributed by atoms with van der Waals surface area (Å²) in [4.78, 5) is 0.432. The van der Waals surface area contributed by atoms with Gasteiger partial charge in [0.25, 0.3) is 0 Å². The molecule has 3 heteroatoms. The lowest BCUT2D eigenvalue weighted by atomic mass is 9.79. The van der Waals surface area contributed by atoms with Crippen molar-refractivity contribution in [1.29, 1.82) is 0 Å². The minimum absolute atomic E-state index is 0.412. The first kappa shape index (κ1) is 13.0. The number of benzene rings is 1. The first-order valence-corrected chi connectivity index (χ1v) is 7.06. The maximum absolute atomic E-state index is 13.6. The zero-order chi connectivity index (χ0) is 12.4. The first-order valence-electron chi connectivity index (χ1n) is 6.15. The molecular formula is C14H17BrF2. The van der Waals surface area contributed by atoms with Gasteiger partial charge in [-0.05, 0) is 49.1 Å². The van der Waals surface area contributed by atoms with Gasteiger partial charge in [-0.2, -0.15) is 0 Å². The van der Waals surface area contributed by atoms with E-state index in [9.17, 15) is 8.78 Å². The zero-order valence-corrected chi connectivity index (χ0v) is 11.5. The maximum Gasteiger partial charge on any atom is 0.162 e. The summed E-state index contributed by atoms with van der Waals surface area (Å²) in [6, 6.07) is 4.45. The Morgan fingerprint density at radius 2 is 2.06 bits per heavy atom. The number of rotatable bonds is 2. The van der Waals surface area contributed by atoms with Gasteiger partial charge in [0.05, 0.1) is 0 Å². The van der Waals surface area contributed by atoms with Crippen molar-refractivity contribution in [3.05, 3.63) is 35.4 Å². The van der Waals surface area contributed by atoms with Gasteiger partial charge in [0, 0.05) is 4.83 Å². The second-order valence-electron chi connectivity index (χ2n) is 5.11. The molecule has 1 aromatic rings. The van der Waals surface area contributed by atoms with Gasteiger partial charge in [-0.15, -0.1) is 0 Å². The molecule has 0 heterocycles. The van der Waals surface area contributed by atoms with Crippen LogP contribution in [0.3, 0.4) is 0 Å². The fourth-order valence-corrected chi connectivity index (χ4v) is 3.33. The van der Waals surface area contributed by atoms with E-state index in [1.54, 1.807) is 12.1 Å². The van der Waals surface area contributed by atoms with Gasteiger partial charge in [0.1, 0.15) is 0 Å². The van der Waals surface area contributed by atoms with E-state index < -0.39 is 11.6 Å². The van der Waals surface area contributed by atoms with Gasteiger partial charge < -0.3 is 0 Å². The molecule has 3 atom stereocenters. The van der Waals surface area contributed by atoms with Crippen LogP contribution in [-0.2, 0) is 6.42 Å². The minimum atomic E-state index is -0.738. The normalized spacial score (nSPS) is 29.3. The third-order valence-corrected chi connectivity index (χ3v) is 4.87. The molecule has 1 aromatic carbocycles. The summed E-state index contributed by atoms with van der Waals surface area (Å²) >= 11 is 3.67. The van der Waals surface area contributed by atoms with Crippen LogP contribution in [-0.4, -0.2) is 4.83 Å². The summed E-state index contributed by atoms with van der Waals surface area (Å²) in [5, 5.41) is 0. The number of halogens is 3. The Hall–Kier alpha value is -0.440. The average molecular weight is 303 g/mol. The monoisotopic (exact) mass is 302 g/mol. The molecule has 1 aliphatic carbocycles. The second-order valence-corrected chi connectivity index (χ2v) is 6.29. The molecule has 3 unspecified atom stereocenters. The largest absolute Gasteiger partial charge is 0.204 e. The molecule has 0 nitrogen and oxygen atoms in total. The Kier molecular flexibility index (Phi) is 4.18. The SMILES string of the molecule is CC1CCC(Br)C(Cc2cccc(F)c2F)C1. The molecule has 1 aliphatic rings. The van der Waals surface area contributed by atoms with Gasteiger partial charge >= 0.3 is 0 Å². The van der Waals surface area contributed by atoms with Gasteiger partial charge in [-0.25, -0.2) is 8.78 Å². The van der Waals surface area contributed by atoms with Crippen molar-refractivity contribution in [3.63, 3.8) is 0 Å². The second kappa shape index (κ2) is 5.47. The Morgan fingerprint density at radius 1 is 1.29 bits per heavy atom. The lowest BCUT2D eigenvalue weighted by Gasteiger charge is -2.31. The molecule has 2 rings (SSSR count). The topological polar surface area (TPSA) is 0 Å². The summed E-state index contributed by atoms with van der Waals surface area (Å²) in [6.45, 7) is 2.23. The highest BCUT2D eigenvalue weighted by molar-refractivity contribution is 9.09. The van der Waals surface area contributed by atoms with Crippen LogP contribution in [0.1, 0.15) is 31.7 Å². The summed E-state index contributed by atoms with van der Waals surface area (Å²) in [7, 11) is 0. The van der Waals surface area contributed by atoms with E-state index in [2.05, 4.69) is 22.9 Å². The van der Waals surface area contributed by atoms with E-state index in [-0.39, 0.29) is 0 Å². The molecule has 0 saturated heterocycles. The Balaban J connectivity index is 2.11. The van der Waals surface area contributed by atoms with Crippen LogP contribution in [0, 0.1) is 23.5 Å². The van der Waals surface area contributed by atoms with Crippen LogP contribution in [0.25, 0.3) is 0 Å². The third kappa shape index (κ3) is 3.06. The van der Waals surface area contributed by atoms with Crippen molar-refractivity contribution in [1.82, 2.24) is 0 Å². The number of alkyl halides is 1. The van der Waals surface area contributed by atoms with Crippen molar-refractivity contribution in [2.45, 2.75) is 37.4 Å². The lowest BCUT2D eigenvalue weighted by Crippen LogP contribution is -2.26. The van der Waals surface area contributed by atoms with Crippen molar-refractivity contribution in [2.24, 2.45) is 11.8 Å². The fourth-order valence-electron chi connectivity index (χ4n) is 2.66. The van der Waals surface area contributed by atoms with Crippen LogP contribution >= 0.6 is 15.9 Å². The first-order chi connectivity index (χ1) is 8.08. The molecule has 0 aromatic heterocycles. The summed E-state index contributed by atoms with van der Waals surface area (Å²) in [5.74, 6) is -0.316. The molecule has 0 N–H and O–H groups in total. The third-order valence-electron chi connectivity index (χ3n) is 3.67. The fraction of sp³-hybridized carbons (Fsp3) is 0.571. The van der Waals surface area contributed by atoms with Crippen LogP contribution in [0.2, 0.25) is 0 Å². The van der Waals surface area contributed by atoms with Gasteiger partial charge in [0.15, 0.2) is 11.6 Å². The van der Waals surface area contributed by atoms with Crippen molar-refractivity contribution in [3.8, 4) is 0 Å². The summed E-state index contributed by atoms with van der Waals surface area (Å²) in [5.41, 5.74) is 0.508. The smallest absolute Gasteiger partial charge is 0.162 e. The molecule has 0 aliphatic heterocycles. The number of hydrogen-bond acceptors (Lipinski definition) is 0. The quantitative estimate of drug-likeness (QED) is 0.694. The number of hydrogen-bond donors (Lipinski definition) is 0. The molecule has 94 valence electrons. The molecule has 1 fully saturated rings. The molecular weight excluding hydrogens is 286 g/mol. The van der Waals surface area contributed by atoms with Crippen LogP contribution in [0.15, 0.2) is 18.2 Å². The van der Waals surface area contributed by atoms with Gasteiger partial charge in [0.2, 0.25) is 0 Å². The van der Waals surface area contributed by atoms with Crippen LogP contribution in [0.4, 0.5) is 8.78 Å². The van der Waals surface area contributed by atoms with E-state index in [4.69, 9.17) is 0 Å². The van der Waals surface area contributed by atoms with E-state index >= 15 is 0 Å². The van der Waals surface area contributed by atoms with Crippen LogP contribution < -0.4 is 0 Å². The molecule has 0 radical (unpaired) electrons. The van der Waals surface area contributed by atoms with E-state index in [0.717, 1.165) is 12.8 Å². The van der Waals surface area contributed by atoms with Crippen molar-refractivity contribution < 1.29 is 8.78 Å². The molecule has 0 bridgehead atoms. The molecule has 0 spiro atoms. The predicted octanol–water partition coefficient (Wildman–Crippen LogP) is 4.71. The molecule has 0 amide bonds. The Morgan fingerprint density at radius 3 is 2.82 bits per heavy atom. The summed E-state index contributed by atoms with van der Waals surface area (Å²) in [6.07, 6.45) is 4.07. The van der Waals surface area contributed by atoms with E-state index in [1.807, 2.05) is 0 Å². The van der Waals surface area contributed by atoms with Crippen molar-refractivity contribution in [2.75, 3.05) is 0 Å². The van der Waals surface area contributed by atoms with Gasteiger partial charge in [-0.1, -0.05) is 35.0 Å². The molecule has 17 heavy (non-hydrogen) atoms. The maximum atomic E-state index is 13.6. The highest BCUT2D eigenvalue weighted by Crippen LogP contribution is 2.36. The average Bonchev–Trinajstić information content (AvgIpc) is 2.30. The van der Waals surface area contributed by atoms with Gasteiger partial charge in [-0.3, -0.25) is 0 Å². The Labute approximate surface area is 110 Å². The standard InChI is InChI=1S/C14H17BrF2/c1-9-5-6-12(15)11(7-9)8-10-3-2-4-13(16)14(10)17/h2-4,9,11-12H,5-8H2,1H3. The van der Waals surface area contributed by atoms with Crippen LogP contribution in [0.5, 0.6) is 0 Å². The Bertz CT molecular complexity index is 392. The predicted molar refractivity (Wildman–Crippen MR) is 69.3 cm³/mol. The summed E-state index contributed by atoms with van der Waals surface area (Å²) < 4.78 is 26.7. The van der Waals surface area contributed by atoms with E-state index in [1.165, 1.54) is 12.5 Å². The highest BCUT2D eigenvalue weighted by Gasteiger charge is 2.27. The lowest BCUT2D eigenvalue weighted by molar-refractivity contribution is 0.291.